The monoisotopic (exact) mass is 200 g/mol. The highest BCUT2D eigenvalue weighted by atomic mass is 16.5. The Bertz CT molecular complexity index is 386. The first kappa shape index (κ1) is 9.17. The van der Waals surface area contributed by atoms with Crippen molar-refractivity contribution >= 4 is 6.08 Å². The smallest absolute Gasteiger partial charge is 0.0613 e. The first-order valence-electron chi connectivity index (χ1n) is 5.81. The summed E-state index contributed by atoms with van der Waals surface area (Å²) in [6.07, 6.45) is 7.59. The van der Waals surface area contributed by atoms with Crippen molar-refractivity contribution in [1.82, 2.24) is 0 Å². The van der Waals surface area contributed by atoms with Crippen LogP contribution in [0.3, 0.4) is 0 Å². The largest absolute Gasteiger partial charge is 0.378 e. The third kappa shape index (κ3) is 1.84. The number of benzene rings is 1. The Balaban J connectivity index is 1.71. The summed E-state index contributed by atoms with van der Waals surface area (Å²) in [6.45, 7) is 0.963. The molecule has 1 fully saturated rings. The van der Waals surface area contributed by atoms with Gasteiger partial charge in [0.1, 0.15) is 0 Å². The van der Waals surface area contributed by atoms with Crippen LogP contribution in [0.25, 0.3) is 6.08 Å². The molecule has 0 saturated carbocycles. The van der Waals surface area contributed by atoms with Crippen molar-refractivity contribution in [2.24, 2.45) is 0 Å². The number of hydrogen-bond donors (Lipinski definition) is 0. The molecule has 0 radical (unpaired) electrons. The quantitative estimate of drug-likeness (QED) is 0.712. The second-order valence-corrected chi connectivity index (χ2v) is 4.52. The van der Waals surface area contributed by atoms with Crippen LogP contribution in [-0.4, -0.2) is 12.7 Å². The molecule has 1 atom stereocenters. The average Bonchev–Trinajstić information content (AvgIpc) is 2.86. The van der Waals surface area contributed by atoms with Crippen LogP contribution in [0.5, 0.6) is 0 Å². The molecule has 0 bridgehead atoms. The molecule has 0 spiro atoms. The molecule has 0 N–H and O–H groups in total. The van der Waals surface area contributed by atoms with Gasteiger partial charge in [-0.1, -0.05) is 35.9 Å². The van der Waals surface area contributed by atoms with E-state index in [0.717, 1.165) is 19.4 Å². The Hall–Kier alpha value is -1.08. The van der Waals surface area contributed by atoms with E-state index in [4.69, 9.17) is 4.74 Å². The average molecular weight is 200 g/mol. The van der Waals surface area contributed by atoms with Gasteiger partial charge in [-0.15, -0.1) is 0 Å². The number of hydrogen-bond acceptors (Lipinski definition) is 1. The van der Waals surface area contributed by atoms with Crippen molar-refractivity contribution in [2.75, 3.05) is 6.61 Å². The Labute approximate surface area is 90.8 Å². The first-order chi connectivity index (χ1) is 7.42. The van der Waals surface area contributed by atoms with Gasteiger partial charge in [-0.3, -0.25) is 0 Å². The van der Waals surface area contributed by atoms with Crippen LogP contribution in [0.4, 0.5) is 0 Å². The lowest BCUT2D eigenvalue weighted by Crippen LogP contribution is -2.05. The summed E-state index contributed by atoms with van der Waals surface area (Å²) >= 11 is 0. The molecule has 1 unspecified atom stereocenters. The number of fused-ring (bicyclic) bond motifs is 1. The molecule has 1 heterocycles. The van der Waals surface area contributed by atoms with E-state index in [-0.39, 0.29) is 0 Å². The molecule has 2 aliphatic rings. The Morgan fingerprint density at radius 2 is 2.20 bits per heavy atom. The van der Waals surface area contributed by atoms with Gasteiger partial charge in [0.2, 0.25) is 0 Å². The maximum atomic E-state index is 5.67. The molecular weight excluding hydrogens is 184 g/mol. The van der Waals surface area contributed by atoms with E-state index in [1.807, 2.05) is 0 Å². The lowest BCUT2D eigenvalue weighted by atomic mass is 10.0. The molecule has 3 rings (SSSR count). The van der Waals surface area contributed by atoms with Crippen LogP contribution >= 0.6 is 0 Å². The second kappa shape index (κ2) is 3.82. The molecular formula is C14H16O. The molecule has 78 valence electrons. The Morgan fingerprint density at radius 3 is 3.00 bits per heavy atom. The predicted molar refractivity (Wildman–Crippen MR) is 61.7 cm³/mol. The zero-order chi connectivity index (χ0) is 10.1. The van der Waals surface area contributed by atoms with Crippen molar-refractivity contribution in [3.8, 4) is 0 Å². The van der Waals surface area contributed by atoms with Crippen LogP contribution < -0.4 is 0 Å². The van der Waals surface area contributed by atoms with Crippen molar-refractivity contribution in [2.45, 2.75) is 31.8 Å². The molecule has 1 aliphatic carbocycles. The van der Waals surface area contributed by atoms with E-state index in [9.17, 15) is 0 Å². The molecule has 1 aromatic rings. The molecule has 1 nitrogen and oxygen atoms in total. The van der Waals surface area contributed by atoms with Gasteiger partial charge in [-0.25, -0.2) is 0 Å². The highest BCUT2D eigenvalue weighted by Crippen LogP contribution is 2.29. The Morgan fingerprint density at radius 1 is 1.27 bits per heavy atom. The van der Waals surface area contributed by atoms with Gasteiger partial charge in [-0.05, 0) is 36.8 Å². The van der Waals surface area contributed by atoms with Crippen molar-refractivity contribution < 1.29 is 4.74 Å². The summed E-state index contributed by atoms with van der Waals surface area (Å²) in [5, 5.41) is 0. The summed E-state index contributed by atoms with van der Waals surface area (Å²) in [6, 6.07) is 8.68. The van der Waals surface area contributed by atoms with Crippen LogP contribution in [0.2, 0.25) is 0 Å². The van der Waals surface area contributed by atoms with E-state index >= 15 is 0 Å². The van der Waals surface area contributed by atoms with Crippen molar-refractivity contribution in [1.29, 1.82) is 0 Å². The zero-order valence-electron chi connectivity index (χ0n) is 8.91. The van der Waals surface area contributed by atoms with E-state index in [2.05, 4.69) is 30.3 Å². The van der Waals surface area contributed by atoms with Crippen LogP contribution in [-0.2, 0) is 11.2 Å². The van der Waals surface area contributed by atoms with E-state index in [0.29, 0.717) is 6.10 Å². The van der Waals surface area contributed by atoms with Crippen LogP contribution in [0, 0.1) is 0 Å². The molecule has 1 aromatic carbocycles. The standard InChI is InChI=1S/C14H16O/c1-2-5-13-9-11(8-12(13)4-1)10-14-6-3-7-15-14/h1-2,4-5,8,14H,3,6-7,9-10H2. The summed E-state index contributed by atoms with van der Waals surface area (Å²) in [5.74, 6) is 0. The molecule has 1 saturated heterocycles. The van der Waals surface area contributed by atoms with Crippen molar-refractivity contribution in [3.05, 3.63) is 41.0 Å². The second-order valence-electron chi connectivity index (χ2n) is 4.52. The van der Waals surface area contributed by atoms with E-state index < -0.39 is 0 Å². The fourth-order valence-electron chi connectivity index (χ4n) is 2.58. The van der Waals surface area contributed by atoms with E-state index in [1.54, 1.807) is 5.57 Å². The van der Waals surface area contributed by atoms with Gasteiger partial charge in [0.15, 0.2) is 0 Å². The van der Waals surface area contributed by atoms with Gasteiger partial charge >= 0.3 is 0 Å². The van der Waals surface area contributed by atoms with Crippen molar-refractivity contribution in [3.63, 3.8) is 0 Å². The van der Waals surface area contributed by atoms with Gasteiger partial charge in [0.25, 0.3) is 0 Å². The molecule has 15 heavy (non-hydrogen) atoms. The highest BCUT2D eigenvalue weighted by Gasteiger charge is 2.19. The third-order valence-electron chi connectivity index (χ3n) is 3.35. The summed E-state index contributed by atoms with van der Waals surface area (Å²) in [5.41, 5.74) is 4.43. The van der Waals surface area contributed by atoms with Gasteiger partial charge < -0.3 is 4.74 Å². The minimum Gasteiger partial charge on any atom is -0.378 e. The minimum absolute atomic E-state index is 0.491. The summed E-state index contributed by atoms with van der Waals surface area (Å²) in [7, 11) is 0. The minimum atomic E-state index is 0.491. The zero-order valence-corrected chi connectivity index (χ0v) is 8.91. The Kier molecular flexibility index (Phi) is 2.34. The number of ether oxygens (including phenoxy) is 1. The highest BCUT2D eigenvalue weighted by molar-refractivity contribution is 5.63. The molecule has 0 amide bonds. The molecule has 1 heteroatoms. The maximum Gasteiger partial charge on any atom is 0.0613 e. The predicted octanol–water partition coefficient (Wildman–Crippen LogP) is 3.20. The molecule has 0 aromatic heterocycles. The number of rotatable bonds is 2. The van der Waals surface area contributed by atoms with Crippen LogP contribution in [0.15, 0.2) is 29.8 Å². The van der Waals surface area contributed by atoms with E-state index in [1.165, 1.54) is 24.0 Å². The first-order valence-corrected chi connectivity index (χ1v) is 5.81. The fraction of sp³-hybridized carbons (Fsp3) is 0.429. The van der Waals surface area contributed by atoms with Gasteiger partial charge in [-0.2, -0.15) is 0 Å². The third-order valence-corrected chi connectivity index (χ3v) is 3.35. The van der Waals surface area contributed by atoms with Gasteiger partial charge in [0, 0.05) is 6.61 Å². The summed E-state index contributed by atoms with van der Waals surface area (Å²) in [4.78, 5) is 0. The van der Waals surface area contributed by atoms with Crippen LogP contribution in [0.1, 0.15) is 30.4 Å². The fourth-order valence-corrected chi connectivity index (χ4v) is 2.58. The summed E-state index contributed by atoms with van der Waals surface area (Å²) < 4.78 is 5.67. The molecule has 1 aliphatic heterocycles. The topological polar surface area (TPSA) is 9.23 Å². The lowest BCUT2D eigenvalue weighted by molar-refractivity contribution is 0.111. The van der Waals surface area contributed by atoms with Gasteiger partial charge in [0.05, 0.1) is 6.10 Å². The lowest BCUT2D eigenvalue weighted by Gasteiger charge is -2.09. The normalized spacial score (nSPS) is 24.0. The maximum absolute atomic E-state index is 5.67. The SMILES string of the molecule is C1=C(CC2CCCO2)Cc2ccccc21.